The van der Waals surface area contributed by atoms with E-state index < -0.39 is 15.6 Å². The largest absolute Gasteiger partial charge is 0.497 e. The molecular weight excluding hydrogens is 364 g/mol. The van der Waals surface area contributed by atoms with E-state index in [1.54, 1.807) is 40.0 Å². The number of amides is 1. The highest BCUT2D eigenvalue weighted by molar-refractivity contribution is 7.89. The Labute approximate surface area is 161 Å². The molecule has 146 valence electrons. The standard InChI is InChI=1S/C20H26N2O4S/c1-20(2,3)22-27(24,25)18-12-8-16(9-13-18)21-19(23)14-7-15-5-10-17(26-4)11-6-15/h5-6,8-13,22H,7,14H2,1-4H3,(H,21,23). The van der Waals surface area contributed by atoms with E-state index in [0.717, 1.165) is 11.3 Å². The predicted molar refractivity (Wildman–Crippen MR) is 106 cm³/mol. The van der Waals surface area contributed by atoms with Crippen LogP contribution in [0.25, 0.3) is 0 Å². The quantitative estimate of drug-likeness (QED) is 0.759. The van der Waals surface area contributed by atoms with Crippen molar-refractivity contribution in [2.24, 2.45) is 0 Å². The zero-order valence-corrected chi connectivity index (χ0v) is 16.9. The number of anilines is 1. The van der Waals surface area contributed by atoms with E-state index in [1.165, 1.54) is 12.1 Å². The Hall–Kier alpha value is -2.38. The molecule has 6 nitrogen and oxygen atoms in total. The number of ether oxygens (including phenoxy) is 1. The van der Waals surface area contributed by atoms with Crippen LogP contribution in [0.4, 0.5) is 5.69 Å². The average Bonchev–Trinajstić information content (AvgIpc) is 2.59. The Morgan fingerprint density at radius 3 is 2.11 bits per heavy atom. The highest BCUT2D eigenvalue weighted by Crippen LogP contribution is 2.17. The number of aryl methyl sites for hydroxylation is 1. The van der Waals surface area contributed by atoms with Gasteiger partial charge < -0.3 is 10.1 Å². The second-order valence-corrected chi connectivity index (χ2v) is 8.96. The first kappa shape index (κ1) is 20.9. The molecule has 2 aromatic rings. The fraction of sp³-hybridized carbons (Fsp3) is 0.350. The molecule has 0 unspecified atom stereocenters. The van der Waals surface area contributed by atoms with Gasteiger partial charge in [-0.2, -0.15) is 0 Å². The molecule has 0 aliphatic carbocycles. The van der Waals surface area contributed by atoms with Crippen LogP contribution in [0.2, 0.25) is 0 Å². The lowest BCUT2D eigenvalue weighted by molar-refractivity contribution is -0.116. The molecule has 0 aliphatic heterocycles. The van der Waals surface area contributed by atoms with Crippen LogP contribution in [0.15, 0.2) is 53.4 Å². The summed E-state index contributed by atoms with van der Waals surface area (Å²) in [5.74, 6) is 0.647. The summed E-state index contributed by atoms with van der Waals surface area (Å²) in [7, 11) is -1.98. The Balaban J connectivity index is 1.92. The van der Waals surface area contributed by atoms with Crippen LogP contribution in [0.3, 0.4) is 0 Å². The van der Waals surface area contributed by atoms with Gasteiger partial charge in [-0.25, -0.2) is 13.1 Å². The van der Waals surface area contributed by atoms with Crippen molar-refractivity contribution in [1.29, 1.82) is 0 Å². The molecule has 7 heteroatoms. The second-order valence-electron chi connectivity index (χ2n) is 7.28. The maximum absolute atomic E-state index is 12.3. The Bertz CT molecular complexity index is 868. The third-order valence-corrected chi connectivity index (χ3v) is 5.46. The lowest BCUT2D eigenvalue weighted by Gasteiger charge is -2.20. The van der Waals surface area contributed by atoms with Crippen LogP contribution >= 0.6 is 0 Å². The molecule has 0 spiro atoms. The Kier molecular flexibility index (Phi) is 6.62. The molecule has 27 heavy (non-hydrogen) atoms. The zero-order chi connectivity index (χ0) is 20.1. The Morgan fingerprint density at radius 1 is 1.00 bits per heavy atom. The van der Waals surface area contributed by atoms with Gasteiger partial charge in [-0.15, -0.1) is 0 Å². The minimum Gasteiger partial charge on any atom is -0.497 e. The van der Waals surface area contributed by atoms with E-state index in [9.17, 15) is 13.2 Å². The topological polar surface area (TPSA) is 84.5 Å². The minimum atomic E-state index is -3.59. The number of sulfonamides is 1. The molecule has 0 bridgehead atoms. The van der Waals surface area contributed by atoms with Gasteiger partial charge >= 0.3 is 0 Å². The number of hydrogen-bond acceptors (Lipinski definition) is 4. The monoisotopic (exact) mass is 390 g/mol. The van der Waals surface area contributed by atoms with E-state index in [1.807, 2.05) is 24.3 Å². The van der Waals surface area contributed by atoms with Gasteiger partial charge in [0.15, 0.2) is 0 Å². The highest BCUT2D eigenvalue weighted by atomic mass is 32.2. The second kappa shape index (κ2) is 8.54. The summed E-state index contributed by atoms with van der Waals surface area (Å²) in [4.78, 5) is 12.3. The summed E-state index contributed by atoms with van der Waals surface area (Å²) >= 11 is 0. The molecule has 2 rings (SSSR count). The van der Waals surface area contributed by atoms with Gasteiger partial charge in [-0.3, -0.25) is 4.79 Å². The van der Waals surface area contributed by atoms with Crippen molar-refractivity contribution in [2.75, 3.05) is 12.4 Å². The lowest BCUT2D eigenvalue weighted by Crippen LogP contribution is -2.40. The van der Waals surface area contributed by atoms with E-state index in [2.05, 4.69) is 10.0 Å². The van der Waals surface area contributed by atoms with Crippen LogP contribution in [0.5, 0.6) is 5.75 Å². The zero-order valence-electron chi connectivity index (χ0n) is 16.1. The van der Waals surface area contributed by atoms with Crippen molar-refractivity contribution < 1.29 is 17.9 Å². The SMILES string of the molecule is COc1ccc(CCC(=O)Nc2ccc(S(=O)(=O)NC(C)(C)C)cc2)cc1. The molecule has 0 aliphatic rings. The number of nitrogens with one attached hydrogen (secondary N) is 2. The number of hydrogen-bond donors (Lipinski definition) is 2. The van der Waals surface area contributed by atoms with Crippen LogP contribution in [0, 0.1) is 0 Å². The maximum atomic E-state index is 12.3. The number of carbonyl (C=O) groups excluding carboxylic acids is 1. The molecule has 0 radical (unpaired) electrons. The number of rotatable bonds is 7. The molecule has 0 aromatic heterocycles. The van der Waals surface area contributed by atoms with E-state index >= 15 is 0 Å². The lowest BCUT2D eigenvalue weighted by atomic mass is 10.1. The first-order valence-electron chi connectivity index (χ1n) is 8.66. The summed E-state index contributed by atoms with van der Waals surface area (Å²) in [6.07, 6.45) is 0.940. The van der Waals surface area contributed by atoms with Crippen LogP contribution < -0.4 is 14.8 Å². The normalized spacial score (nSPS) is 11.9. The van der Waals surface area contributed by atoms with Crippen molar-refractivity contribution in [3.63, 3.8) is 0 Å². The van der Waals surface area contributed by atoms with E-state index in [0.29, 0.717) is 18.5 Å². The summed E-state index contributed by atoms with van der Waals surface area (Å²) in [5, 5.41) is 2.78. The van der Waals surface area contributed by atoms with Crippen molar-refractivity contribution in [1.82, 2.24) is 4.72 Å². The number of benzene rings is 2. The minimum absolute atomic E-state index is 0.130. The predicted octanol–water partition coefficient (Wildman–Crippen LogP) is 3.34. The van der Waals surface area contributed by atoms with Gasteiger partial charge in [-0.1, -0.05) is 12.1 Å². The van der Waals surface area contributed by atoms with Gasteiger partial charge in [0.25, 0.3) is 0 Å². The molecule has 0 heterocycles. The number of carbonyl (C=O) groups is 1. The summed E-state index contributed by atoms with van der Waals surface area (Å²) in [5.41, 5.74) is 1.04. The summed E-state index contributed by atoms with van der Waals surface area (Å²) < 4.78 is 32.3. The van der Waals surface area contributed by atoms with Crippen molar-refractivity contribution in [3.05, 3.63) is 54.1 Å². The van der Waals surface area contributed by atoms with Crippen LogP contribution in [-0.4, -0.2) is 27.0 Å². The average molecular weight is 391 g/mol. The Morgan fingerprint density at radius 2 is 1.59 bits per heavy atom. The van der Waals surface area contributed by atoms with Crippen LogP contribution in [-0.2, 0) is 21.2 Å². The summed E-state index contributed by atoms with van der Waals surface area (Å²) in [6.45, 7) is 5.34. The molecule has 2 aromatic carbocycles. The molecule has 0 saturated carbocycles. The van der Waals surface area contributed by atoms with Crippen LogP contribution in [0.1, 0.15) is 32.8 Å². The van der Waals surface area contributed by atoms with E-state index in [4.69, 9.17) is 4.74 Å². The maximum Gasteiger partial charge on any atom is 0.241 e. The summed E-state index contributed by atoms with van der Waals surface area (Å²) in [6, 6.07) is 13.7. The first-order chi connectivity index (χ1) is 12.6. The highest BCUT2D eigenvalue weighted by Gasteiger charge is 2.21. The van der Waals surface area contributed by atoms with Crippen molar-refractivity contribution >= 4 is 21.6 Å². The van der Waals surface area contributed by atoms with Gasteiger partial charge in [0.05, 0.1) is 12.0 Å². The molecule has 0 saturated heterocycles. The fourth-order valence-corrected chi connectivity index (χ4v) is 3.87. The van der Waals surface area contributed by atoms with Crippen molar-refractivity contribution in [2.45, 2.75) is 44.0 Å². The van der Waals surface area contributed by atoms with Gasteiger partial charge in [-0.05, 0) is 69.2 Å². The molecule has 2 N–H and O–H groups in total. The van der Waals surface area contributed by atoms with Crippen molar-refractivity contribution in [3.8, 4) is 5.75 Å². The molecule has 0 fully saturated rings. The molecule has 0 atom stereocenters. The van der Waals surface area contributed by atoms with Gasteiger partial charge in [0.1, 0.15) is 5.75 Å². The van der Waals surface area contributed by atoms with Gasteiger partial charge in [0, 0.05) is 17.6 Å². The van der Waals surface area contributed by atoms with Gasteiger partial charge in [0.2, 0.25) is 15.9 Å². The van der Waals surface area contributed by atoms with E-state index in [-0.39, 0.29) is 10.8 Å². The first-order valence-corrected chi connectivity index (χ1v) is 10.1. The fourth-order valence-electron chi connectivity index (χ4n) is 2.45. The molecular formula is C20H26N2O4S. The number of methoxy groups -OCH3 is 1. The molecule has 1 amide bonds. The third-order valence-electron chi connectivity index (χ3n) is 3.69. The smallest absolute Gasteiger partial charge is 0.241 e. The third kappa shape index (κ3) is 6.69.